The highest BCUT2D eigenvalue weighted by Crippen LogP contribution is 2.52. The number of hydrogen-bond acceptors (Lipinski definition) is 5. The Morgan fingerprint density at radius 3 is 2.52 bits per heavy atom. The number of amides is 1. The lowest BCUT2D eigenvalue weighted by atomic mass is 9.70. The number of ether oxygens (including phenoxy) is 2. The Hall–Kier alpha value is -2.41. The number of carbonyl (C=O) groups is 3. The van der Waals surface area contributed by atoms with Gasteiger partial charge in [0.25, 0.3) is 6.47 Å². The maximum absolute atomic E-state index is 13.2. The lowest BCUT2D eigenvalue weighted by molar-refractivity contribution is -0.158. The van der Waals surface area contributed by atoms with Gasteiger partial charge < -0.3 is 19.5 Å². The SMILES string of the molecule is CCOC(=O)[C@@]1(Cc2ccccc2)C[C@H]2CC[C@@H]1N2C(=O)CC1CCOCC1.O=CO. The molecule has 0 unspecified atom stereocenters. The zero-order chi connectivity index (χ0) is 22.3. The number of esters is 1. The van der Waals surface area contributed by atoms with Crippen LogP contribution in [0.1, 0.15) is 51.0 Å². The maximum atomic E-state index is 13.2. The van der Waals surface area contributed by atoms with E-state index in [1.165, 1.54) is 0 Å². The molecule has 3 fully saturated rings. The van der Waals surface area contributed by atoms with Crippen LogP contribution in [-0.2, 0) is 30.3 Å². The number of nitrogens with zero attached hydrogens (tertiary/aromatic N) is 1. The summed E-state index contributed by atoms with van der Waals surface area (Å²) in [5, 5.41) is 6.89. The van der Waals surface area contributed by atoms with Crippen LogP contribution in [-0.4, -0.2) is 60.3 Å². The zero-order valence-electron chi connectivity index (χ0n) is 18.2. The second kappa shape index (κ2) is 10.8. The minimum absolute atomic E-state index is 0.0379. The van der Waals surface area contributed by atoms with Crippen LogP contribution in [0.3, 0.4) is 0 Å². The van der Waals surface area contributed by atoms with Gasteiger partial charge in [-0.25, -0.2) is 0 Å². The topological polar surface area (TPSA) is 93.1 Å². The fourth-order valence-corrected chi connectivity index (χ4v) is 5.58. The van der Waals surface area contributed by atoms with Gasteiger partial charge >= 0.3 is 5.97 Å². The van der Waals surface area contributed by atoms with Gasteiger partial charge in [-0.05, 0) is 56.9 Å². The van der Waals surface area contributed by atoms with Gasteiger partial charge in [-0.3, -0.25) is 14.4 Å². The molecule has 7 heteroatoms. The first-order valence-electron chi connectivity index (χ1n) is 11.2. The molecule has 0 spiro atoms. The quantitative estimate of drug-likeness (QED) is 0.550. The molecule has 4 rings (SSSR count). The van der Waals surface area contributed by atoms with Crippen molar-refractivity contribution in [3.63, 3.8) is 0 Å². The Labute approximate surface area is 183 Å². The number of benzene rings is 1. The Balaban J connectivity index is 0.000000858. The number of carbonyl (C=O) groups excluding carboxylic acids is 2. The van der Waals surface area contributed by atoms with Crippen molar-refractivity contribution in [2.75, 3.05) is 19.8 Å². The average molecular weight is 432 g/mol. The summed E-state index contributed by atoms with van der Waals surface area (Å²) in [5.41, 5.74) is 0.533. The molecule has 0 aromatic heterocycles. The van der Waals surface area contributed by atoms with E-state index in [-0.39, 0.29) is 30.4 Å². The average Bonchev–Trinajstić information content (AvgIpc) is 3.33. The first-order chi connectivity index (χ1) is 15.1. The van der Waals surface area contributed by atoms with Crippen molar-refractivity contribution in [1.29, 1.82) is 0 Å². The summed E-state index contributed by atoms with van der Waals surface area (Å²) >= 11 is 0. The molecule has 0 saturated carbocycles. The van der Waals surface area contributed by atoms with E-state index in [1.54, 1.807) is 0 Å². The normalized spacial score (nSPS) is 27.3. The fourth-order valence-electron chi connectivity index (χ4n) is 5.58. The lowest BCUT2D eigenvalue weighted by Gasteiger charge is -2.35. The van der Waals surface area contributed by atoms with Crippen LogP contribution in [0.2, 0.25) is 0 Å². The van der Waals surface area contributed by atoms with Gasteiger partial charge in [0.15, 0.2) is 0 Å². The highest BCUT2D eigenvalue weighted by Gasteiger charge is 2.61. The molecule has 0 radical (unpaired) electrons. The molecule has 1 aromatic rings. The first kappa shape index (κ1) is 23.3. The Kier molecular flexibility index (Phi) is 8.07. The highest BCUT2D eigenvalue weighted by atomic mass is 16.5. The van der Waals surface area contributed by atoms with Gasteiger partial charge in [-0.2, -0.15) is 0 Å². The summed E-state index contributed by atoms with van der Waals surface area (Å²) in [4.78, 5) is 36.8. The van der Waals surface area contributed by atoms with Crippen LogP contribution < -0.4 is 0 Å². The molecule has 1 amide bonds. The standard InChI is InChI=1S/C23H31NO4.CH2O2/c1-2-28-22(26)23(15-18-6-4-3-5-7-18)16-19-8-9-20(23)24(19)21(25)14-17-10-12-27-13-11-17;2-1-3/h3-7,17,19-20H,2,8-16H2,1H3;1H,(H,2,3)/t19-,20+,23+;/m1./s1. The van der Waals surface area contributed by atoms with E-state index < -0.39 is 5.41 Å². The van der Waals surface area contributed by atoms with Crippen molar-refractivity contribution < 1.29 is 29.0 Å². The third kappa shape index (κ3) is 5.09. The van der Waals surface area contributed by atoms with Gasteiger partial charge in [0.2, 0.25) is 5.91 Å². The third-order valence-corrected chi connectivity index (χ3v) is 6.88. The molecule has 3 aliphatic rings. The van der Waals surface area contributed by atoms with E-state index >= 15 is 0 Å². The van der Waals surface area contributed by atoms with E-state index in [4.69, 9.17) is 19.4 Å². The minimum atomic E-state index is -0.606. The summed E-state index contributed by atoms with van der Waals surface area (Å²) in [6, 6.07) is 10.3. The molecule has 3 saturated heterocycles. The van der Waals surface area contributed by atoms with Gasteiger partial charge in [0.1, 0.15) is 0 Å². The smallest absolute Gasteiger partial charge is 0.314 e. The van der Waals surface area contributed by atoms with E-state index in [1.807, 2.05) is 25.1 Å². The first-order valence-corrected chi connectivity index (χ1v) is 11.2. The van der Waals surface area contributed by atoms with Crippen molar-refractivity contribution in [2.24, 2.45) is 11.3 Å². The second-order valence-electron chi connectivity index (χ2n) is 8.66. The lowest BCUT2D eigenvalue weighted by Crippen LogP contribution is -2.47. The largest absolute Gasteiger partial charge is 0.483 e. The molecular formula is C24H33NO6. The summed E-state index contributed by atoms with van der Waals surface area (Å²) in [7, 11) is 0. The van der Waals surface area contributed by atoms with Crippen LogP contribution in [0.4, 0.5) is 0 Å². The van der Waals surface area contributed by atoms with E-state index in [2.05, 4.69) is 17.0 Å². The van der Waals surface area contributed by atoms with Crippen LogP contribution in [0.15, 0.2) is 30.3 Å². The molecule has 3 heterocycles. The van der Waals surface area contributed by atoms with Crippen molar-refractivity contribution in [3.8, 4) is 0 Å². The van der Waals surface area contributed by atoms with Crippen LogP contribution in [0.25, 0.3) is 0 Å². The third-order valence-electron chi connectivity index (χ3n) is 6.88. The van der Waals surface area contributed by atoms with Crippen molar-refractivity contribution in [2.45, 2.75) is 64.0 Å². The molecular weight excluding hydrogens is 398 g/mol. The summed E-state index contributed by atoms with van der Waals surface area (Å²) < 4.78 is 11.0. The number of fused-ring (bicyclic) bond motifs is 2. The molecule has 7 nitrogen and oxygen atoms in total. The van der Waals surface area contributed by atoms with Gasteiger partial charge in [-0.1, -0.05) is 30.3 Å². The van der Waals surface area contributed by atoms with Crippen molar-refractivity contribution >= 4 is 18.3 Å². The highest BCUT2D eigenvalue weighted by molar-refractivity contribution is 5.84. The molecule has 1 N–H and O–H groups in total. The van der Waals surface area contributed by atoms with Crippen LogP contribution in [0, 0.1) is 11.3 Å². The molecule has 1 aromatic carbocycles. The Bertz CT molecular complexity index is 748. The number of carboxylic acid groups (broad SMARTS) is 1. The van der Waals surface area contributed by atoms with E-state index in [0.717, 1.165) is 50.9 Å². The fraction of sp³-hybridized carbons (Fsp3) is 0.625. The second-order valence-corrected chi connectivity index (χ2v) is 8.66. The molecule has 31 heavy (non-hydrogen) atoms. The summed E-state index contributed by atoms with van der Waals surface area (Å²) in [5.74, 6) is 0.501. The molecule has 0 aliphatic carbocycles. The number of hydrogen-bond donors (Lipinski definition) is 1. The summed E-state index contributed by atoms with van der Waals surface area (Å²) in [6.45, 7) is 3.50. The predicted molar refractivity (Wildman–Crippen MR) is 114 cm³/mol. The van der Waals surface area contributed by atoms with Crippen LogP contribution in [0.5, 0.6) is 0 Å². The minimum Gasteiger partial charge on any atom is -0.483 e. The van der Waals surface area contributed by atoms with E-state index in [0.29, 0.717) is 25.4 Å². The predicted octanol–water partition coefficient (Wildman–Crippen LogP) is 3.06. The van der Waals surface area contributed by atoms with Crippen molar-refractivity contribution in [3.05, 3.63) is 35.9 Å². The van der Waals surface area contributed by atoms with E-state index in [9.17, 15) is 9.59 Å². The molecule has 3 atom stereocenters. The van der Waals surface area contributed by atoms with Crippen LogP contribution >= 0.6 is 0 Å². The number of rotatable bonds is 6. The zero-order valence-corrected chi connectivity index (χ0v) is 18.2. The monoisotopic (exact) mass is 431 g/mol. The Morgan fingerprint density at radius 1 is 1.19 bits per heavy atom. The maximum Gasteiger partial charge on any atom is 0.314 e. The summed E-state index contributed by atoms with van der Waals surface area (Å²) in [6.07, 6.45) is 5.78. The van der Waals surface area contributed by atoms with Gasteiger partial charge in [0.05, 0.1) is 12.0 Å². The molecule has 3 aliphatic heterocycles. The Morgan fingerprint density at radius 2 is 1.87 bits per heavy atom. The van der Waals surface area contributed by atoms with Crippen molar-refractivity contribution in [1.82, 2.24) is 4.90 Å². The molecule has 2 bridgehead atoms. The van der Waals surface area contributed by atoms with Gasteiger partial charge in [-0.15, -0.1) is 0 Å². The molecule has 170 valence electrons. The van der Waals surface area contributed by atoms with Gasteiger partial charge in [0, 0.05) is 31.7 Å².